The van der Waals surface area contributed by atoms with Crippen molar-refractivity contribution >= 4 is 45.6 Å². The molecule has 194 valence electrons. The summed E-state index contributed by atoms with van der Waals surface area (Å²) in [5.74, 6) is 1.36. The highest BCUT2D eigenvalue weighted by Gasteiger charge is 2.23. The van der Waals surface area contributed by atoms with Gasteiger partial charge in [0.15, 0.2) is 5.82 Å². The zero-order valence-corrected chi connectivity index (χ0v) is 22.2. The van der Waals surface area contributed by atoms with Gasteiger partial charge in [0, 0.05) is 50.0 Å². The van der Waals surface area contributed by atoms with Gasteiger partial charge in [-0.05, 0) is 45.3 Å². The highest BCUT2D eigenvalue weighted by molar-refractivity contribution is 6.31. The number of nitrogens with zero attached hydrogens (tertiary/aromatic N) is 7. The van der Waals surface area contributed by atoms with E-state index in [2.05, 4.69) is 15.3 Å². The summed E-state index contributed by atoms with van der Waals surface area (Å²) < 4.78 is 7.61. The topological polar surface area (TPSA) is 114 Å². The third-order valence-corrected chi connectivity index (χ3v) is 6.18. The van der Waals surface area contributed by atoms with Crippen molar-refractivity contribution in [3.63, 3.8) is 0 Å². The van der Waals surface area contributed by atoms with Crippen LogP contribution in [0, 0.1) is 10.1 Å². The number of aromatic nitrogens is 4. The Balaban J connectivity index is 1.71. The number of aryl methyl sites for hydroxylation is 1. The molecule has 0 aliphatic heterocycles. The molecule has 0 fully saturated rings. The molecule has 0 unspecified atom stereocenters. The molecule has 2 aromatic heterocycles. The summed E-state index contributed by atoms with van der Waals surface area (Å²) in [4.78, 5) is 29.1. The fraction of sp³-hybridized carbons (Fsp3) is 0.320. The van der Waals surface area contributed by atoms with E-state index in [0.717, 1.165) is 17.6 Å². The molecular weight excluding hydrogens is 496 g/mol. The molecule has 0 saturated carbocycles. The smallest absolute Gasteiger partial charge is 0.294 e. The number of rotatable bonds is 10. The van der Waals surface area contributed by atoms with Crippen LogP contribution < -0.4 is 15.0 Å². The lowest BCUT2D eigenvalue weighted by atomic mass is 10.2. The van der Waals surface area contributed by atoms with Gasteiger partial charge in [-0.3, -0.25) is 10.1 Å². The molecule has 1 N–H and O–H groups in total. The number of hydrogen-bond acceptors (Lipinski definition) is 9. The predicted octanol–water partition coefficient (Wildman–Crippen LogP) is 4.82. The Bertz CT molecular complexity index is 1440. The van der Waals surface area contributed by atoms with Crippen molar-refractivity contribution in [3.8, 4) is 17.3 Å². The number of nitro benzene ring substituents is 1. The number of methoxy groups -OCH3 is 1. The third kappa shape index (κ3) is 5.57. The summed E-state index contributed by atoms with van der Waals surface area (Å²) in [6.45, 7) is 4.06. The standard InChI is InChI=1S/C25H29ClN8O3/c1-6-33-20-8-7-16(26)13-18(20)28-24(33)17-9-10-27-25(29-17)30-19-14-22(34(35)36)21(15-23(19)37-5)32(4)12-11-31(2)3/h7-10,13-15H,6,11-12H2,1-5H3,(H,27,29,30). The molecule has 0 aliphatic rings. The number of halogens is 1. The molecule has 0 saturated heterocycles. The van der Waals surface area contributed by atoms with Gasteiger partial charge in [0.1, 0.15) is 17.1 Å². The quantitative estimate of drug-likeness (QED) is 0.230. The van der Waals surface area contributed by atoms with E-state index in [1.807, 2.05) is 60.6 Å². The first-order valence-electron chi connectivity index (χ1n) is 11.7. The van der Waals surface area contributed by atoms with Crippen LogP contribution in [0.15, 0.2) is 42.6 Å². The highest BCUT2D eigenvalue weighted by Crippen LogP contribution is 2.39. The first kappa shape index (κ1) is 26.1. The van der Waals surface area contributed by atoms with Crippen molar-refractivity contribution in [3.05, 3.63) is 57.7 Å². The van der Waals surface area contributed by atoms with E-state index in [4.69, 9.17) is 21.3 Å². The largest absolute Gasteiger partial charge is 0.494 e. The Morgan fingerprint density at radius 2 is 1.92 bits per heavy atom. The van der Waals surface area contributed by atoms with E-state index >= 15 is 0 Å². The number of anilines is 3. The average Bonchev–Trinajstić information content (AvgIpc) is 3.24. The fourth-order valence-electron chi connectivity index (χ4n) is 4.03. The van der Waals surface area contributed by atoms with Gasteiger partial charge in [0.05, 0.1) is 28.8 Å². The second-order valence-corrected chi connectivity index (χ2v) is 9.16. The van der Waals surface area contributed by atoms with Crippen LogP contribution in [0.2, 0.25) is 5.02 Å². The van der Waals surface area contributed by atoms with Gasteiger partial charge in [-0.25, -0.2) is 15.0 Å². The van der Waals surface area contributed by atoms with Crippen LogP contribution >= 0.6 is 11.6 Å². The number of nitro groups is 1. The van der Waals surface area contributed by atoms with Crippen molar-refractivity contribution in [2.75, 3.05) is 51.6 Å². The zero-order valence-electron chi connectivity index (χ0n) is 21.4. The van der Waals surface area contributed by atoms with Crippen molar-refractivity contribution < 1.29 is 9.66 Å². The van der Waals surface area contributed by atoms with Gasteiger partial charge >= 0.3 is 0 Å². The molecule has 11 nitrogen and oxygen atoms in total. The predicted molar refractivity (Wildman–Crippen MR) is 146 cm³/mol. The second kappa shape index (κ2) is 11.0. The van der Waals surface area contributed by atoms with Crippen LogP contribution in [0.3, 0.4) is 0 Å². The zero-order chi connectivity index (χ0) is 26.7. The third-order valence-electron chi connectivity index (χ3n) is 5.94. The monoisotopic (exact) mass is 524 g/mol. The molecule has 37 heavy (non-hydrogen) atoms. The second-order valence-electron chi connectivity index (χ2n) is 8.73. The lowest BCUT2D eigenvalue weighted by molar-refractivity contribution is -0.384. The molecular formula is C25H29ClN8O3. The molecule has 0 aliphatic carbocycles. The summed E-state index contributed by atoms with van der Waals surface area (Å²) in [7, 11) is 7.24. The van der Waals surface area contributed by atoms with Crippen LogP contribution in [0.4, 0.5) is 23.0 Å². The molecule has 4 rings (SSSR count). The van der Waals surface area contributed by atoms with Crippen LogP contribution in [-0.4, -0.2) is 70.7 Å². The summed E-state index contributed by atoms with van der Waals surface area (Å²) in [6, 6.07) is 10.4. The molecule has 0 bridgehead atoms. The van der Waals surface area contributed by atoms with E-state index < -0.39 is 4.92 Å². The molecule has 12 heteroatoms. The molecule has 0 amide bonds. The van der Waals surface area contributed by atoms with E-state index in [9.17, 15) is 10.1 Å². The molecule has 2 aromatic carbocycles. The normalized spacial score (nSPS) is 11.2. The molecule has 2 heterocycles. The van der Waals surface area contributed by atoms with Gasteiger partial charge < -0.3 is 24.4 Å². The van der Waals surface area contributed by atoms with Crippen LogP contribution in [0.25, 0.3) is 22.6 Å². The Kier molecular flexibility index (Phi) is 7.74. The van der Waals surface area contributed by atoms with E-state index in [-0.39, 0.29) is 11.6 Å². The molecule has 4 aromatic rings. The fourth-order valence-corrected chi connectivity index (χ4v) is 4.20. The lowest BCUT2D eigenvalue weighted by Gasteiger charge is -2.22. The van der Waals surface area contributed by atoms with Gasteiger partial charge in [-0.1, -0.05) is 11.6 Å². The molecule has 0 atom stereocenters. The molecule has 0 radical (unpaired) electrons. The van der Waals surface area contributed by atoms with Crippen molar-refractivity contribution in [1.29, 1.82) is 0 Å². The first-order chi connectivity index (χ1) is 17.7. The van der Waals surface area contributed by atoms with Crippen LogP contribution in [-0.2, 0) is 6.54 Å². The van der Waals surface area contributed by atoms with Crippen molar-refractivity contribution in [2.24, 2.45) is 0 Å². The summed E-state index contributed by atoms with van der Waals surface area (Å²) in [6.07, 6.45) is 1.61. The maximum absolute atomic E-state index is 11.9. The van der Waals surface area contributed by atoms with Gasteiger partial charge in [0.2, 0.25) is 5.95 Å². The molecule has 0 spiro atoms. The minimum Gasteiger partial charge on any atom is -0.494 e. The number of likely N-dealkylation sites (N-methyl/N-ethyl adjacent to an activating group) is 2. The van der Waals surface area contributed by atoms with Gasteiger partial charge in [-0.2, -0.15) is 0 Å². The van der Waals surface area contributed by atoms with Crippen molar-refractivity contribution in [1.82, 2.24) is 24.4 Å². The Morgan fingerprint density at radius 1 is 1.14 bits per heavy atom. The van der Waals surface area contributed by atoms with E-state index in [1.165, 1.54) is 13.2 Å². The number of imidazole rings is 1. The SMILES string of the molecule is CCn1c(-c2ccnc(Nc3cc([N+](=O)[O-])c(N(C)CCN(C)C)cc3OC)n2)nc2cc(Cl)ccc21. The van der Waals surface area contributed by atoms with Crippen LogP contribution in [0.1, 0.15) is 6.92 Å². The minimum atomic E-state index is -0.405. The van der Waals surface area contributed by atoms with Crippen LogP contribution in [0.5, 0.6) is 5.75 Å². The van der Waals surface area contributed by atoms with E-state index in [1.54, 1.807) is 18.3 Å². The number of ether oxygens (including phenoxy) is 1. The summed E-state index contributed by atoms with van der Waals surface area (Å²) in [5, 5.41) is 15.6. The Morgan fingerprint density at radius 3 is 2.59 bits per heavy atom. The number of nitrogens with one attached hydrogen (secondary N) is 1. The lowest BCUT2D eigenvalue weighted by Crippen LogP contribution is -2.28. The highest BCUT2D eigenvalue weighted by atomic mass is 35.5. The van der Waals surface area contributed by atoms with Gasteiger partial charge in [-0.15, -0.1) is 0 Å². The maximum atomic E-state index is 11.9. The average molecular weight is 525 g/mol. The number of benzene rings is 2. The maximum Gasteiger partial charge on any atom is 0.294 e. The van der Waals surface area contributed by atoms with Gasteiger partial charge in [0.25, 0.3) is 5.69 Å². The Labute approximate surface area is 219 Å². The summed E-state index contributed by atoms with van der Waals surface area (Å²) >= 11 is 6.16. The van der Waals surface area contributed by atoms with Crippen molar-refractivity contribution in [2.45, 2.75) is 13.5 Å². The first-order valence-corrected chi connectivity index (χ1v) is 12.1. The Hall–Kier alpha value is -3.96. The number of hydrogen-bond donors (Lipinski definition) is 1. The number of fused-ring (bicyclic) bond motifs is 1. The summed E-state index contributed by atoms with van der Waals surface area (Å²) in [5.41, 5.74) is 3.10. The minimum absolute atomic E-state index is 0.0506. The van der Waals surface area contributed by atoms with E-state index in [0.29, 0.717) is 46.8 Å².